The number of carbonyl (C=O) groups excluding carboxylic acids is 1. The first-order chi connectivity index (χ1) is 15.4. The molecule has 1 aliphatic heterocycles. The van der Waals surface area contributed by atoms with Gasteiger partial charge in [-0.2, -0.15) is 4.31 Å². The number of hydrogen-bond acceptors (Lipinski definition) is 6. The molecule has 1 amide bonds. The summed E-state index contributed by atoms with van der Waals surface area (Å²) in [6.45, 7) is 6.44. The summed E-state index contributed by atoms with van der Waals surface area (Å²) in [6, 6.07) is 11.7. The SMILES string of the molecule is CCN(CC)c1ccc(S(=O)(=O)N2CCOCC2)cc1NC(=O)COc1ccccc1Cl. The molecule has 0 atom stereocenters. The number of hydrogen-bond donors (Lipinski definition) is 1. The summed E-state index contributed by atoms with van der Waals surface area (Å²) < 4.78 is 38.4. The Morgan fingerprint density at radius 1 is 1.16 bits per heavy atom. The van der Waals surface area contributed by atoms with Gasteiger partial charge in [-0.05, 0) is 44.2 Å². The molecule has 2 aromatic rings. The number of nitrogens with zero attached hydrogens (tertiary/aromatic N) is 2. The first-order valence-corrected chi connectivity index (χ1v) is 12.3. The van der Waals surface area contributed by atoms with E-state index in [-0.39, 0.29) is 11.5 Å². The number of halogens is 1. The minimum atomic E-state index is -3.70. The molecule has 0 radical (unpaired) electrons. The lowest BCUT2D eigenvalue weighted by Gasteiger charge is -2.28. The smallest absolute Gasteiger partial charge is 0.262 e. The van der Waals surface area contributed by atoms with Crippen LogP contribution in [0.1, 0.15) is 13.8 Å². The average Bonchev–Trinajstić information content (AvgIpc) is 2.80. The molecule has 1 N–H and O–H groups in total. The van der Waals surface area contributed by atoms with Crippen LogP contribution < -0.4 is 15.0 Å². The lowest BCUT2D eigenvalue weighted by molar-refractivity contribution is -0.118. The van der Waals surface area contributed by atoms with Gasteiger partial charge in [-0.1, -0.05) is 23.7 Å². The van der Waals surface area contributed by atoms with E-state index in [1.807, 2.05) is 18.7 Å². The van der Waals surface area contributed by atoms with Crippen LogP contribution in [0.3, 0.4) is 0 Å². The van der Waals surface area contributed by atoms with Gasteiger partial charge in [0.05, 0.1) is 34.5 Å². The van der Waals surface area contributed by atoms with Gasteiger partial charge >= 0.3 is 0 Å². The topological polar surface area (TPSA) is 88.2 Å². The summed E-state index contributed by atoms with van der Waals surface area (Å²) in [6.07, 6.45) is 0. The molecule has 0 spiro atoms. The van der Waals surface area contributed by atoms with Crippen LogP contribution in [0.2, 0.25) is 5.02 Å². The number of rotatable bonds is 9. The highest BCUT2D eigenvalue weighted by atomic mass is 35.5. The lowest BCUT2D eigenvalue weighted by atomic mass is 10.2. The van der Waals surface area contributed by atoms with Gasteiger partial charge in [0, 0.05) is 26.2 Å². The molecular weight excluding hydrogens is 454 g/mol. The largest absolute Gasteiger partial charge is 0.482 e. The van der Waals surface area contributed by atoms with E-state index >= 15 is 0 Å². The van der Waals surface area contributed by atoms with Gasteiger partial charge in [0.2, 0.25) is 10.0 Å². The fourth-order valence-corrected chi connectivity index (χ4v) is 5.07. The Kier molecular flexibility index (Phi) is 8.36. The van der Waals surface area contributed by atoms with Crippen LogP contribution in [-0.2, 0) is 19.6 Å². The molecule has 10 heteroatoms. The third-order valence-electron chi connectivity index (χ3n) is 5.15. The van der Waals surface area contributed by atoms with E-state index < -0.39 is 15.9 Å². The Bertz CT molecular complexity index is 1040. The number of carbonyl (C=O) groups is 1. The van der Waals surface area contributed by atoms with E-state index in [9.17, 15) is 13.2 Å². The Morgan fingerprint density at radius 3 is 2.50 bits per heavy atom. The second kappa shape index (κ2) is 11.0. The zero-order valence-electron chi connectivity index (χ0n) is 18.2. The van der Waals surface area contributed by atoms with Crippen molar-refractivity contribution >= 4 is 38.9 Å². The Morgan fingerprint density at radius 2 is 1.84 bits per heavy atom. The lowest BCUT2D eigenvalue weighted by Crippen LogP contribution is -2.40. The highest BCUT2D eigenvalue weighted by molar-refractivity contribution is 7.89. The fourth-order valence-electron chi connectivity index (χ4n) is 3.44. The maximum atomic E-state index is 13.1. The summed E-state index contributed by atoms with van der Waals surface area (Å²) in [5.74, 6) is -0.0174. The second-order valence-corrected chi connectivity index (χ2v) is 9.48. The standard InChI is InChI=1S/C22H28ClN3O5S/c1-3-25(4-2)20-10-9-17(32(28,29)26-11-13-30-14-12-26)15-19(20)24-22(27)16-31-21-8-6-5-7-18(21)23/h5-10,15H,3-4,11-14,16H2,1-2H3,(H,24,27). The zero-order chi connectivity index (χ0) is 23.1. The van der Waals surface area contributed by atoms with Gasteiger partial charge in [-0.3, -0.25) is 4.79 Å². The quantitative estimate of drug-likeness (QED) is 0.591. The molecule has 1 aliphatic rings. The van der Waals surface area contributed by atoms with Crippen molar-refractivity contribution in [3.63, 3.8) is 0 Å². The number of amides is 1. The monoisotopic (exact) mass is 481 g/mol. The molecule has 3 rings (SSSR count). The Labute approximate surface area is 194 Å². The predicted octanol–water partition coefficient (Wildman–Crippen LogP) is 3.22. The van der Waals surface area contributed by atoms with Gasteiger partial charge in [-0.25, -0.2) is 8.42 Å². The van der Waals surface area contributed by atoms with E-state index in [0.717, 1.165) is 5.69 Å². The van der Waals surface area contributed by atoms with Crippen LogP contribution >= 0.6 is 11.6 Å². The van der Waals surface area contributed by atoms with Crippen molar-refractivity contribution in [1.29, 1.82) is 0 Å². The molecule has 174 valence electrons. The normalized spacial score (nSPS) is 14.7. The number of benzene rings is 2. The first-order valence-electron chi connectivity index (χ1n) is 10.5. The molecule has 1 fully saturated rings. The van der Waals surface area contributed by atoms with Gasteiger partial charge in [-0.15, -0.1) is 0 Å². The van der Waals surface area contributed by atoms with Crippen LogP contribution in [0, 0.1) is 0 Å². The average molecular weight is 482 g/mol. The summed E-state index contributed by atoms with van der Waals surface area (Å²) in [7, 11) is -3.70. The molecule has 0 bridgehead atoms. The third-order valence-corrected chi connectivity index (χ3v) is 7.36. The third kappa shape index (κ3) is 5.72. The van der Waals surface area contributed by atoms with Crippen molar-refractivity contribution in [2.45, 2.75) is 18.7 Å². The van der Waals surface area contributed by atoms with Crippen molar-refractivity contribution in [1.82, 2.24) is 4.31 Å². The molecule has 2 aromatic carbocycles. The molecule has 0 aromatic heterocycles. The number of ether oxygens (including phenoxy) is 2. The number of anilines is 2. The number of sulfonamides is 1. The highest BCUT2D eigenvalue weighted by Gasteiger charge is 2.27. The predicted molar refractivity (Wildman–Crippen MR) is 125 cm³/mol. The molecule has 32 heavy (non-hydrogen) atoms. The molecule has 8 nitrogen and oxygen atoms in total. The Balaban J connectivity index is 1.84. The van der Waals surface area contributed by atoms with Crippen LogP contribution in [0.25, 0.3) is 0 Å². The molecule has 0 aliphatic carbocycles. The van der Waals surface area contributed by atoms with Gasteiger partial charge in [0.15, 0.2) is 6.61 Å². The Hall–Kier alpha value is -2.33. The number of para-hydroxylation sites is 1. The van der Waals surface area contributed by atoms with Crippen LogP contribution in [0.15, 0.2) is 47.4 Å². The molecule has 0 unspecified atom stereocenters. The van der Waals surface area contributed by atoms with E-state index in [2.05, 4.69) is 5.32 Å². The summed E-state index contributed by atoms with van der Waals surface area (Å²) in [5.41, 5.74) is 1.15. The van der Waals surface area contributed by atoms with Crippen molar-refractivity contribution in [2.75, 3.05) is 56.2 Å². The van der Waals surface area contributed by atoms with Crippen LogP contribution in [0.4, 0.5) is 11.4 Å². The van der Waals surface area contributed by atoms with Crippen molar-refractivity contribution in [3.05, 3.63) is 47.5 Å². The summed E-state index contributed by atoms with van der Waals surface area (Å²) >= 11 is 6.07. The van der Waals surface area contributed by atoms with Gasteiger partial charge < -0.3 is 19.7 Å². The molecule has 0 saturated carbocycles. The van der Waals surface area contributed by atoms with Gasteiger partial charge in [0.25, 0.3) is 5.91 Å². The van der Waals surface area contributed by atoms with Crippen molar-refractivity contribution < 1.29 is 22.7 Å². The first kappa shape index (κ1) is 24.3. The second-order valence-electron chi connectivity index (χ2n) is 7.13. The van der Waals surface area contributed by atoms with Crippen molar-refractivity contribution in [2.24, 2.45) is 0 Å². The summed E-state index contributed by atoms with van der Waals surface area (Å²) in [4.78, 5) is 14.8. The zero-order valence-corrected chi connectivity index (χ0v) is 19.8. The van der Waals surface area contributed by atoms with Crippen LogP contribution in [-0.4, -0.2) is 64.6 Å². The number of morpholine rings is 1. The highest BCUT2D eigenvalue weighted by Crippen LogP contribution is 2.31. The number of nitrogens with one attached hydrogen (secondary N) is 1. The van der Waals surface area contributed by atoms with Gasteiger partial charge in [0.1, 0.15) is 5.75 Å². The summed E-state index contributed by atoms with van der Waals surface area (Å²) in [5, 5.41) is 3.21. The molecule has 1 saturated heterocycles. The van der Waals surface area contributed by atoms with Crippen molar-refractivity contribution in [3.8, 4) is 5.75 Å². The maximum Gasteiger partial charge on any atom is 0.262 e. The van der Waals surface area contributed by atoms with E-state index in [1.165, 1.54) is 10.4 Å². The minimum Gasteiger partial charge on any atom is -0.482 e. The van der Waals surface area contributed by atoms with E-state index in [4.69, 9.17) is 21.1 Å². The maximum absolute atomic E-state index is 13.1. The minimum absolute atomic E-state index is 0.123. The van der Waals surface area contributed by atoms with E-state index in [1.54, 1.807) is 36.4 Å². The molecule has 1 heterocycles. The van der Waals surface area contributed by atoms with Crippen LogP contribution in [0.5, 0.6) is 5.75 Å². The molecular formula is C22H28ClN3O5S. The van der Waals surface area contributed by atoms with E-state index in [0.29, 0.717) is 55.9 Å². The fraction of sp³-hybridized carbons (Fsp3) is 0.409.